The van der Waals surface area contributed by atoms with Gasteiger partial charge in [0.2, 0.25) is 20.0 Å². The molecular weight excluding hydrogens is 609 g/mol. The van der Waals surface area contributed by atoms with E-state index in [0.717, 1.165) is 38.3 Å². The Morgan fingerprint density at radius 3 is 1.88 bits per heavy atom. The molecule has 1 atom stereocenters. The molecule has 2 saturated heterocycles. The van der Waals surface area contributed by atoms with Gasteiger partial charge in [0.1, 0.15) is 11.6 Å². The molecule has 2 aromatic rings. The molecule has 234 valence electrons. The summed E-state index contributed by atoms with van der Waals surface area (Å²) in [5.41, 5.74) is 0.596. The second-order valence-corrected chi connectivity index (χ2v) is 17.2. The monoisotopic (exact) mass is 647 g/mol. The molecule has 0 aliphatic carbocycles. The zero-order chi connectivity index (χ0) is 30.7. The smallest absolute Gasteiger partial charge is 0.240 e. The van der Waals surface area contributed by atoms with Crippen molar-refractivity contribution >= 4 is 29.9 Å². The lowest BCUT2D eigenvalue weighted by atomic mass is 9.78. The number of benzene rings is 2. The second-order valence-electron chi connectivity index (χ2n) is 11.5. The summed E-state index contributed by atoms with van der Waals surface area (Å²) in [6.07, 6.45) is 5.73. The van der Waals surface area contributed by atoms with Crippen LogP contribution in [0.5, 0.6) is 0 Å². The third-order valence-corrected chi connectivity index (χ3v) is 12.3. The summed E-state index contributed by atoms with van der Waals surface area (Å²) in [6, 6.07) is 8.75. The van der Waals surface area contributed by atoms with Crippen molar-refractivity contribution in [1.29, 1.82) is 0 Å². The Hall–Kier alpha value is -1.97. The van der Waals surface area contributed by atoms with Crippen molar-refractivity contribution in [3.63, 3.8) is 0 Å². The van der Waals surface area contributed by atoms with Crippen LogP contribution in [0.25, 0.3) is 0 Å². The molecule has 14 heteroatoms. The Bertz CT molecular complexity index is 1530. The number of hydrogen-bond donors (Lipinski definition) is 1. The quantitative estimate of drug-likeness (QED) is 0.398. The molecule has 0 unspecified atom stereocenters. The number of hydrogen-bond acceptors (Lipinski definition) is 7. The van der Waals surface area contributed by atoms with Gasteiger partial charge in [-0.2, -0.15) is 0 Å². The summed E-state index contributed by atoms with van der Waals surface area (Å²) in [4.78, 5) is 2.34. The first kappa shape index (κ1) is 32.9. The number of likely N-dealkylation sites (tertiary alicyclic amines) is 1. The second kappa shape index (κ2) is 13.3. The Kier molecular flexibility index (Phi) is 10.5. The number of nitrogens with zero attached hydrogens (tertiary/aromatic N) is 2. The van der Waals surface area contributed by atoms with Crippen molar-refractivity contribution in [2.75, 3.05) is 51.8 Å². The fourth-order valence-corrected chi connectivity index (χ4v) is 8.61. The number of sulfonamides is 2. The largest absolute Gasteiger partial charge is 0.303 e. The Balaban J connectivity index is 1.31. The lowest BCUT2D eigenvalue weighted by molar-refractivity contribution is 0.166. The summed E-state index contributed by atoms with van der Waals surface area (Å²) >= 11 is 0. The average molecular weight is 648 g/mol. The lowest BCUT2D eigenvalue weighted by Crippen LogP contribution is -2.41. The van der Waals surface area contributed by atoms with Crippen LogP contribution in [0.15, 0.2) is 52.3 Å². The van der Waals surface area contributed by atoms with Gasteiger partial charge in [-0.1, -0.05) is 0 Å². The molecule has 2 fully saturated rings. The first-order chi connectivity index (χ1) is 19.6. The first-order valence-electron chi connectivity index (χ1n) is 14.0. The van der Waals surface area contributed by atoms with Gasteiger partial charge < -0.3 is 4.90 Å². The summed E-state index contributed by atoms with van der Waals surface area (Å²) in [5.74, 6) is -1.13. The minimum Gasteiger partial charge on any atom is -0.303 e. The average Bonchev–Trinajstić information content (AvgIpc) is 2.92. The zero-order valence-corrected chi connectivity index (χ0v) is 26.3. The molecule has 9 nitrogen and oxygen atoms in total. The van der Waals surface area contributed by atoms with E-state index in [1.165, 1.54) is 47.0 Å². The topological polar surface area (TPSA) is 121 Å². The van der Waals surface area contributed by atoms with Crippen LogP contribution in [0.4, 0.5) is 8.78 Å². The van der Waals surface area contributed by atoms with Gasteiger partial charge in [0.25, 0.3) is 0 Å². The van der Waals surface area contributed by atoms with Crippen molar-refractivity contribution in [1.82, 2.24) is 13.9 Å². The van der Waals surface area contributed by atoms with E-state index in [0.29, 0.717) is 44.5 Å². The van der Waals surface area contributed by atoms with Gasteiger partial charge in [0.05, 0.1) is 16.0 Å². The molecule has 0 spiro atoms. The van der Waals surface area contributed by atoms with E-state index in [1.807, 2.05) is 0 Å². The number of piperidine rings is 2. The maximum Gasteiger partial charge on any atom is 0.240 e. The van der Waals surface area contributed by atoms with Crippen LogP contribution in [0.3, 0.4) is 0 Å². The van der Waals surface area contributed by atoms with Crippen molar-refractivity contribution < 1.29 is 34.0 Å². The summed E-state index contributed by atoms with van der Waals surface area (Å²) in [5, 5.41) is 0. The van der Waals surface area contributed by atoms with Crippen molar-refractivity contribution in [3.8, 4) is 0 Å². The maximum absolute atomic E-state index is 14.1. The fraction of sp³-hybridized carbons (Fsp3) is 0.571. The number of sulfone groups is 1. The molecule has 2 aromatic carbocycles. The van der Waals surface area contributed by atoms with E-state index in [2.05, 4.69) is 9.62 Å². The molecule has 0 aromatic heterocycles. The molecule has 1 N–H and O–H groups in total. The van der Waals surface area contributed by atoms with Gasteiger partial charge in [-0.05, 0) is 111 Å². The van der Waals surface area contributed by atoms with Gasteiger partial charge in [-0.15, -0.1) is 0 Å². The van der Waals surface area contributed by atoms with Crippen molar-refractivity contribution in [2.45, 2.75) is 47.8 Å². The molecule has 2 aliphatic heterocycles. The molecular formula is C28H39F2N3O6S3. The van der Waals surface area contributed by atoms with E-state index >= 15 is 0 Å². The van der Waals surface area contributed by atoms with Gasteiger partial charge in [-0.3, -0.25) is 0 Å². The molecule has 0 bridgehead atoms. The lowest BCUT2D eigenvalue weighted by Gasteiger charge is -2.37. The van der Waals surface area contributed by atoms with Crippen LogP contribution in [0, 0.1) is 23.5 Å². The first-order valence-corrected chi connectivity index (χ1v) is 19.3. The minimum absolute atomic E-state index is 0.00883. The van der Waals surface area contributed by atoms with Crippen molar-refractivity contribution in [2.24, 2.45) is 11.8 Å². The number of nitrogens with one attached hydrogen (secondary N) is 1. The fourth-order valence-electron chi connectivity index (χ4n) is 5.99. The van der Waals surface area contributed by atoms with Crippen LogP contribution in [-0.2, 0) is 29.9 Å². The van der Waals surface area contributed by atoms with E-state index in [4.69, 9.17) is 0 Å². The normalized spacial score (nSPS) is 19.6. The maximum atomic E-state index is 14.1. The molecule has 0 radical (unpaired) electrons. The van der Waals surface area contributed by atoms with E-state index in [9.17, 15) is 34.0 Å². The Labute approximate surface area is 248 Å². The van der Waals surface area contributed by atoms with Crippen LogP contribution in [0.2, 0.25) is 0 Å². The predicted molar refractivity (Wildman–Crippen MR) is 157 cm³/mol. The molecule has 0 saturated carbocycles. The van der Waals surface area contributed by atoms with Crippen LogP contribution in [0.1, 0.15) is 43.6 Å². The van der Waals surface area contributed by atoms with Crippen LogP contribution >= 0.6 is 0 Å². The highest BCUT2D eigenvalue weighted by Gasteiger charge is 2.32. The van der Waals surface area contributed by atoms with E-state index in [1.54, 1.807) is 0 Å². The van der Waals surface area contributed by atoms with Crippen LogP contribution < -0.4 is 4.72 Å². The molecule has 42 heavy (non-hydrogen) atoms. The Morgan fingerprint density at radius 2 is 1.36 bits per heavy atom. The third-order valence-electron chi connectivity index (χ3n) is 8.44. The Morgan fingerprint density at radius 1 is 0.810 bits per heavy atom. The highest BCUT2D eigenvalue weighted by molar-refractivity contribution is 7.91. The number of halogens is 2. The van der Waals surface area contributed by atoms with Crippen LogP contribution in [-0.4, -0.2) is 86.2 Å². The highest BCUT2D eigenvalue weighted by atomic mass is 32.2. The number of rotatable bonds is 11. The minimum atomic E-state index is -3.78. The standard InChI is InChI=1S/C28H39F2N3O6S3/c1-40(34,35)26-3-5-27(6-4-26)42(38,39)31-20-21-7-12-32(13-8-21)14-11-28(23-17-24(29)19-25(30)18-23)22-9-15-33(16-10-22)41(2,36)37/h3-6,17-19,21-22,28,31H,7-16,20H2,1-2H3/t28-/m1/s1. The van der Waals surface area contributed by atoms with Gasteiger partial charge >= 0.3 is 0 Å². The van der Waals surface area contributed by atoms with E-state index < -0.39 is 41.5 Å². The highest BCUT2D eigenvalue weighted by Crippen LogP contribution is 2.37. The summed E-state index contributed by atoms with van der Waals surface area (Å²) in [6.45, 7) is 3.27. The van der Waals surface area contributed by atoms with Gasteiger partial charge in [-0.25, -0.2) is 43.1 Å². The van der Waals surface area contributed by atoms with Gasteiger partial charge in [0, 0.05) is 32.0 Å². The summed E-state index contributed by atoms with van der Waals surface area (Å²) < 4.78 is 105. The zero-order valence-electron chi connectivity index (χ0n) is 23.9. The molecule has 2 aliphatic rings. The molecule has 4 rings (SSSR count). The molecule has 0 amide bonds. The van der Waals surface area contributed by atoms with Crippen molar-refractivity contribution in [3.05, 3.63) is 59.7 Å². The summed E-state index contributed by atoms with van der Waals surface area (Å²) in [7, 11) is -10.5. The van der Waals surface area contributed by atoms with E-state index in [-0.39, 0.29) is 34.1 Å². The predicted octanol–water partition coefficient (Wildman–Crippen LogP) is 3.20. The molecule has 2 heterocycles. The van der Waals surface area contributed by atoms with Gasteiger partial charge in [0.15, 0.2) is 9.84 Å². The SMILES string of the molecule is CS(=O)(=O)c1ccc(S(=O)(=O)NCC2CCN(CC[C@@H](c3cc(F)cc(F)c3)C3CCN(S(C)(=O)=O)CC3)CC2)cc1. The third kappa shape index (κ3) is 8.79.